The molecule has 3 N–H and O–H groups in total. The van der Waals surface area contributed by atoms with Gasteiger partial charge >= 0.3 is 43.3 Å². The Morgan fingerprint density at radius 1 is 0.902 bits per heavy atom. The zero-order valence-corrected chi connectivity index (χ0v) is 26.7. The molecule has 2 aromatic rings. The number of hydrogen-bond donors (Lipinski definition) is 3. The van der Waals surface area contributed by atoms with E-state index < -0.39 is 43.2 Å². The molecule has 0 saturated carbocycles. The molecule has 10 nitrogen and oxygen atoms in total. The summed E-state index contributed by atoms with van der Waals surface area (Å²) in [4.78, 5) is 63.6. The van der Waals surface area contributed by atoms with Gasteiger partial charge in [-0.15, -0.1) is 0 Å². The number of benzene rings is 2. The minimum absolute atomic E-state index is 0. The normalized spacial score (nSPS) is 20.5. The van der Waals surface area contributed by atoms with Crippen molar-refractivity contribution in [2.24, 2.45) is 0 Å². The van der Waals surface area contributed by atoms with Crippen molar-refractivity contribution >= 4 is 25.5 Å². The molecule has 0 aromatic heterocycles. The van der Waals surface area contributed by atoms with Crippen LogP contribution in [-0.2, 0) is 31.8 Å². The van der Waals surface area contributed by atoms with Gasteiger partial charge in [-0.25, -0.2) is 9.36 Å². The second kappa shape index (κ2) is 14.4. The monoisotopic (exact) mass is 595 g/mol. The molecule has 3 atom stereocenters. The first-order valence-electron chi connectivity index (χ1n) is 13.8. The number of carbonyl (C=O) groups excluding carboxylic acids is 2. The first kappa shape index (κ1) is 33.5. The van der Waals surface area contributed by atoms with Crippen molar-refractivity contribution in [1.29, 1.82) is 0 Å². The fourth-order valence-corrected chi connectivity index (χ4v) is 7.10. The first-order valence-corrected chi connectivity index (χ1v) is 15.3. The maximum Gasteiger partial charge on any atom is 1.00 e. The van der Waals surface area contributed by atoms with E-state index in [9.17, 15) is 33.8 Å². The number of carbonyl (C=O) groups is 3. The summed E-state index contributed by atoms with van der Waals surface area (Å²) in [5.41, 5.74) is 0.177. The van der Waals surface area contributed by atoms with Crippen LogP contribution in [0, 0.1) is 0 Å². The van der Waals surface area contributed by atoms with Gasteiger partial charge < -0.3 is 26.1 Å². The Balaban J connectivity index is 0.00000308. The largest absolute Gasteiger partial charge is 1.00 e. The first-order chi connectivity index (χ1) is 19.0. The summed E-state index contributed by atoms with van der Waals surface area (Å²) in [7, 11) is -4.92. The predicted molar refractivity (Wildman–Crippen MR) is 150 cm³/mol. The van der Waals surface area contributed by atoms with E-state index in [0.29, 0.717) is 45.1 Å². The van der Waals surface area contributed by atoms with Gasteiger partial charge in [-0.2, -0.15) is 4.67 Å². The molecule has 218 valence electrons. The van der Waals surface area contributed by atoms with Gasteiger partial charge in [0, 0.05) is 19.6 Å². The summed E-state index contributed by atoms with van der Waals surface area (Å²) in [6.07, 6.45) is 2.69. The fourth-order valence-electron chi connectivity index (χ4n) is 5.98. The van der Waals surface area contributed by atoms with E-state index in [2.05, 4.69) is 0 Å². The van der Waals surface area contributed by atoms with Crippen LogP contribution < -0.4 is 29.6 Å². The number of likely N-dealkylation sites (tertiary alicyclic amines) is 2. The van der Waals surface area contributed by atoms with Crippen LogP contribution in [0.15, 0.2) is 60.7 Å². The smallest absolute Gasteiger partial charge is 1.00 e. The van der Waals surface area contributed by atoms with Crippen LogP contribution in [0.25, 0.3) is 0 Å². The zero-order chi connectivity index (χ0) is 28.9. The maximum atomic E-state index is 14.4. The average molecular weight is 596 g/mol. The van der Waals surface area contributed by atoms with Gasteiger partial charge in [0.1, 0.15) is 17.6 Å². The van der Waals surface area contributed by atoms with Crippen molar-refractivity contribution in [1.82, 2.24) is 14.5 Å². The maximum absolute atomic E-state index is 14.4. The molecule has 0 bridgehead atoms. The van der Waals surface area contributed by atoms with Gasteiger partial charge in [0.05, 0.1) is 0 Å². The fraction of sp³-hybridized carbons (Fsp3) is 0.483. The van der Waals surface area contributed by atoms with Crippen molar-refractivity contribution in [3.8, 4) is 0 Å². The number of aliphatic carboxylic acids is 1. The van der Waals surface area contributed by atoms with Crippen molar-refractivity contribution in [3.63, 3.8) is 0 Å². The Morgan fingerprint density at radius 2 is 1.41 bits per heavy atom. The van der Waals surface area contributed by atoms with Gasteiger partial charge in [0.15, 0.2) is 0 Å². The van der Waals surface area contributed by atoms with Crippen molar-refractivity contribution < 1.29 is 64.8 Å². The van der Waals surface area contributed by atoms with E-state index in [0.717, 1.165) is 15.8 Å². The number of hydrogen-bond acceptors (Lipinski definition) is 4. The molecule has 2 saturated heterocycles. The third-order valence-electron chi connectivity index (χ3n) is 8.16. The van der Waals surface area contributed by atoms with Gasteiger partial charge in [0.2, 0.25) is 11.8 Å². The molecule has 12 heteroatoms. The standard InChI is InChI=1S/C29H38N3O7P.Na.H/c1-29(18-16-22-10-4-2-5-11-22,32(40(37,38)39)21-17-23-12-6-3-7-13-23)28(36)31-20-8-14-24(31)26(33)30-19-9-15-25(30)27(34)35;;/h2-7,10-13,24-25H,8-9,14-21H2,1H3,(H,34,35)(H2,37,38,39);;/q;+1;-1/t24-,25-,29+;;/m0../s1. The summed E-state index contributed by atoms with van der Waals surface area (Å²) >= 11 is 0. The minimum atomic E-state index is -4.92. The third-order valence-corrected chi connectivity index (χ3v) is 9.43. The predicted octanol–water partition coefficient (Wildman–Crippen LogP) is 0.198. The van der Waals surface area contributed by atoms with Crippen LogP contribution in [0.1, 0.15) is 51.6 Å². The second-order valence-corrected chi connectivity index (χ2v) is 12.3. The Morgan fingerprint density at radius 3 is 1.95 bits per heavy atom. The number of rotatable bonds is 11. The van der Waals surface area contributed by atoms with Crippen LogP contribution in [0.2, 0.25) is 0 Å². The molecule has 0 unspecified atom stereocenters. The summed E-state index contributed by atoms with van der Waals surface area (Å²) in [6, 6.07) is 16.9. The molecular weight excluding hydrogens is 556 g/mol. The van der Waals surface area contributed by atoms with Crippen LogP contribution in [-0.4, -0.2) is 84.4 Å². The molecule has 0 spiro atoms. The summed E-state index contributed by atoms with van der Waals surface area (Å²) in [6.45, 7) is 2.06. The van der Waals surface area contributed by atoms with E-state index in [1.165, 1.54) is 9.80 Å². The molecule has 2 aliphatic rings. The molecular formula is C29H39N3NaO7P. The quantitative estimate of drug-likeness (QED) is 0.248. The Bertz CT molecular complexity index is 1250. The van der Waals surface area contributed by atoms with Gasteiger partial charge in [-0.1, -0.05) is 60.7 Å². The summed E-state index contributed by atoms with van der Waals surface area (Å²) in [5, 5.41) is 9.61. The molecule has 2 aliphatic heterocycles. The minimum Gasteiger partial charge on any atom is -1.00 e. The number of nitrogens with zero attached hydrogens (tertiary/aromatic N) is 3. The zero-order valence-electron chi connectivity index (χ0n) is 24.8. The molecule has 2 fully saturated rings. The van der Waals surface area contributed by atoms with E-state index in [1.54, 1.807) is 6.92 Å². The van der Waals surface area contributed by atoms with Crippen LogP contribution in [0.4, 0.5) is 0 Å². The molecule has 0 aliphatic carbocycles. The SMILES string of the molecule is C[C@@](CCc1ccccc1)(C(=O)N1CCC[C@H]1C(=O)N1CCC[C@H]1C(=O)O)N(CCc1ccccc1)P(=O)(O)O.[H-].[Na+]. The van der Waals surface area contributed by atoms with E-state index >= 15 is 0 Å². The number of aryl methyl sites for hydroxylation is 1. The van der Waals surface area contributed by atoms with Crippen LogP contribution >= 0.6 is 7.75 Å². The van der Waals surface area contributed by atoms with Crippen molar-refractivity contribution in [3.05, 3.63) is 71.8 Å². The molecule has 4 rings (SSSR count). The molecule has 2 heterocycles. The van der Waals surface area contributed by atoms with Crippen molar-refractivity contribution in [2.75, 3.05) is 19.6 Å². The Kier molecular flexibility index (Phi) is 11.8. The number of carboxylic acid groups (broad SMARTS) is 1. The van der Waals surface area contributed by atoms with Crippen LogP contribution in [0.5, 0.6) is 0 Å². The molecule has 41 heavy (non-hydrogen) atoms. The van der Waals surface area contributed by atoms with Gasteiger partial charge in [0.25, 0.3) is 0 Å². The number of amides is 2. The Hall–Kier alpha value is -2.04. The van der Waals surface area contributed by atoms with Gasteiger partial charge in [-0.3, -0.25) is 9.59 Å². The second-order valence-electron chi connectivity index (χ2n) is 10.8. The molecule has 2 amide bonds. The number of carboxylic acids is 1. The summed E-state index contributed by atoms with van der Waals surface area (Å²) < 4.78 is 14.0. The van der Waals surface area contributed by atoms with E-state index in [1.807, 2.05) is 60.7 Å². The van der Waals surface area contributed by atoms with E-state index in [4.69, 9.17) is 0 Å². The third kappa shape index (κ3) is 7.87. The van der Waals surface area contributed by atoms with E-state index in [-0.39, 0.29) is 50.5 Å². The van der Waals surface area contributed by atoms with Crippen molar-refractivity contribution in [2.45, 2.75) is 69.5 Å². The Labute approximate surface area is 264 Å². The topological polar surface area (TPSA) is 139 Å². The summed E-state index contributed by atoms with van der Waals surface area (Å²) in [5.74, 6) is -2.00. The van der Waals surface area contributed by atoms with Crippen LogP contribution in [0.3, 0.4) is 0 Å². The average Bonchev–Trinajstić information content (AvgIpc) is 3.62. The molecule has 0 radical (unpaired) electrons. The van der Waals surface area contributed by atoms with Gasteiger partial charge in [-0.05, 0) is 63.0 Å². The molecule has 2 aromatic carbocycles.